The number of aliphatic hydroxyl groups is 1. The average Bonchev–Trinajstić information content (AvgIpc) is 3.56. The van der Waals surface area contributed by atoms with Gasteiger partial charge in [-0.25, -0.2) is 9.37 Å². The molecule has 192 valence electrons. The van der Waals surface area contributed by atoms with Crippen molar-refractivity contribution in [3.63, 3.8) is 0 Å². The molecule has 0 radical (unpaired) electrons. The summed E-state index contributed by atoms with van der Waals surface area (Å²) in [4.78, 5) is 3.59. The molecule has 2 heterocycles. The molecule has 1 saturated heterocycles. The van der Waals surface area contributed by atoms with Crippen LogP contribution in [0.25, 0.3) is 11.3 Å². The van der Waals surface area contributed by atoms with Gasteiger partial charge in [-0.05, 0) is 61.1 Å². The van der Waals surface area contributed by atoms with Crippen LogP contribution < -0.4 is 4.74 Å². The molecule has 1 saturated carbocycles. The Morgan fingerprint density at radius 2 is 1.94 bits per heavy atom. The number of aryl methyl sites for hydroxylation is 1. The van der Waals surface area contributed by atoms with Crippen LogP contribution in [0.4, 0.5) is 17.6 Å². The zero-order valence-electron chi connectivity index (χ0n) is 20.1. The highest BCUT2D eigenvalue weighted by molar-refractivity contribution is 5.66. The van der Waals surface area contributed by atoms with Crippen LogP contribution in [-0.4, -0.2) is 40.6 Å². The van der Waals surface area contributed by atoms with Crippen molar-refractivity contribution in [2.75, 3.05) is 20.3 Å². The topological polar surface area (TPSA) is 56.5 Å². The quantitative estimate of drug-likeness (QED) is 0.454. The van der Waals surface area contributed by atoms with E-state index in [0.717, 1.165) is 30.3 Å². The molecule has 2 fully saturated rings. The van der Waals surface area contributed by atoms with Crippen molar-refractivity contribution in [2.45, 2.75) is 42.9 Å². The number of halogens is 4. The monoisotopic (exact) mass is 504 g/mol. The summed E-state index contributed by atoms with van der Waals surface area (Å²) in [5.74, 6) is -0.00747. The summed E-state index contributed by atoms with van der Waals surface area (Å²) >= 11 is 0. The number of benzene rings is 2. The van der Waals surface area contributed by atoms with E-state index >= 15 is 0 Å². The van der Waals surface area contributed by atoms with Crippen molar-refractivity contribution in [2.24, 2.45) is 13.0 Å². The number of ether oxygens (including phenoxy) is 2. The van der Waals surface area contributed by atoms with Gasteiger partial charge in [0, 0.05) is 36.6 Å². The van der Waals surface area contributed by atoms with Crippen molar-refractivity contribution in [1.29, 1.82) is 0 Å². The molecule has 1 aliphatic carbocycles. The first-order valence-electron chi connectivity index (χ1n) is 11.9. The number of methoxy groups -OCH3 is 1. The number of alkyl halides is 3. The maximum atomic E-state index is 13.6. The van der Waals surface area contributed by atoms with Crippen LogP contribution in [0.3, 0.4) is 0 Å². The number of aliphatic hydroxyl groups excluding tert-OH is 1. The predicted octanol–water partition coefficient (Wildman–Crippen LogP) is 5.68. The third-order valence-corrected chi connectivity index (χ3v) is 7.75. The molecule has 36 heavy (non-hydrogen) atoms. The predicted molar refractivity (Wildman–Crippen MR) is 125 cm³/mol. The Morgan fingerprint density at radius 3 is 2.61 bits per heavy atom. The minimum Gasteiger partial charge on any atom is -0.496 e. The number of hydrogen-bond acceptors (Lipinski definition) is 4. The highest BCUT2D eigenvalue weighted by Crippen LogP contribution is 2.57. The van der Waals surface area contributed by atoms with Gasteiger partial charge in [0.1, 0.15) is 11.6 Å². The average molecular weight is 505 g/mol. The second-order valence-electron chi connectivity index (χ2n) is 9.79. The summed E-state index contributed by atoms with van der Waals surface area (Å²) in [6.45, 7) is 0.366. The van der Waals surface area contributed by atoms with Gasteiger partial charge >= 0.3 is 6.18 Å². The van der Waals surface area contributed by atoms with E-state index < -0.39 is 17.5 Å². The lowest BCUT2D eigenvalue weighted by Crippen LogP contribution is -2.34. The first-order valence-corrected chi connectivity index (χ1v) is 11.9. The van der Waals surface area contributed by atoms with E-state index in [1.54, 1.807) is 30.3 Å². The lowest BCUT2D eigenvalue weighted by molar-refractivity contribution is -0.140. The Morgan fingerprint density at radius 1 is 1.19 bits per heavy atom. The molecular formula is C27H28F4N2O3. The normalized spacial score (nSPS) is 26.1. The van der Waals surface area contributed by atoms with E-state index in [1.807, 2.05) is 0 Å². The summed E-state index contributed by atoms with van der Waals surface area (Å²) in [5.41, 5.74) is 0.587. The van der Waals surface area contributed by atoms with Gasteiger partial charge in [-0.1, -0.05) is 12.1 Å². The zero-order chi connectivity index (χ0) is 25.7. The fourth-order valence-electron chi connectivity index (χ4n) is 6.20. The second kappa shape index (κ2) is 9.19. The Bertz CT molecular complexity index is 1240. The van der Waals surface area contributed by atoms with Gasteiger partial charge in [0.15, 0.2) is 5.69 Å². The maximum Gasteiger partial charge on any atom is 0.435 e. The first kappa shape index (κ1) is 24.8. The van der Waals surface area contributed by atoms with Crippen molar-refractivity contribution in [1.82, 2.24) is 9.55 Å². The Hall–Kier alpha value is -2.91. The third-order valence-electron chi connectivity index (χ3n) is 7.75. The molecule has 0 bridgehead atoms. The van der Waals surface area contributed by atoms with Gasteiger partial charge in [0.05, 0.1) is 31.3 Å². The minimum absolute atomic E-state index is 0.00264. The van der Waals surface area contributed by atoms with Crippen LogP contribution in [-0.2, 0) is 18.0 Å². The molecule has 0 amide bonds. The van der Waals surface area contributed by atoms with E-state index in [1.165, 1.54) is 30.9 Å². The van der Waals surface area contributed by atoms with Crippen molar-refractivity contribution in [3.8, 4) is 17.0 Å². The number of aromatic nitrogens is 2. The SMILES string of the molecule is COc1ccc(-c2c(C(F)(F)F)ncn2C)cc1C1COC2(CCC(CO)C2c2ccc(F)cc2)C1. The Balaban J connectivity index is 1.52. The van der Waals surface area contributed by atoms with Crippen LogP contribution in [0.2, 0.25) is 0 Å². The standard InChI is InChI=1S/C27H28F4N2O3/c1-33-15-32-25(27(29,30)31)24(33)17-5-8-22(35-2)21(11-17)19-12-26(36-14-19)10-9-18(13-34)23(26)16-3-6-20(28)7-4-16/h3-8,11,15,18-19,23,34H,9-10,12-14H2,1-2H3. The highest BCUT2D eigenvalue weighted by atomic mass is 19.4. The molecular weight excluding hydrogens is 476 g/mol. The molecule has 1 spiro atoms. The first-order chi connectivity index (χ1) is 17.2. The van der Waals surface area contributed by atoms with Crippen LogP contribution >= 0.6 is 0 Å². The molecule has 4 unspecified atom stereocenters. The van der Waals surface area contributed by atoms with E-state index in [9.17, 15) is 22.7 Å². The van der Waals surface area contributed by atoms with E-state index in [4.69, 9.17) is 9.47 Å². The van der Waals surface area contributed by atoms with E-state index in [-0.39, 0.29) is 35.9 Å². The van der Waals surface area contributed by atoms with Crippen LogP contribution in [0.1, 0.15) is 47.9 Å². The van der Waals surface area contributed by atoms with E-state index in [2.05, 4.69) is 4.98 Å². The molecule has 3 aromatic rings. The van der Waals surface area contributed by atoms with Crippen molar-refractivity contribution >= 4 is 0 Å². The van der Waals surface area contributed by atoms with Gasteiger partial charge < -0.3 is 19.1 Å². The number of rotatable bonds is 5. The van der Waals surface area contributed by atoms with Gasteiger partial charge in [0.2, 0.25) is 0 Å². The molecule has 5 rings (SSSR count). The molecule has 2 aliphatic rings. The molecule has 4 atom stereocenters. The van der Waals surface area contributed by atoms with Crippen molar-refractivity contribution < 1.29 is 32.1 Å². The summed E-state index contributed by atoms with van der Waals surface area (Å²) in [6.07, 6.45) is -1.30. The van der Waals surface area contributed by atoms with Crippen LogP contribution in [0.15, 0.2) is 48.8 Å². The summed E-state index contributed by atoms with van der Waals surface area (Å²) in [6, 6.07) is 11.4. The lowest BCUT2D eigenvalue weighted by atomic mass is 9.76. The molecule has 1 N–H and O–H groups in total. The Kier molecular flexibility index (Phi) is 6.32. The summed E-state index contributed by atoms with van der Waals surface area (Å²) in [7, 11) is 3.07. The van der Waals surface area contributed by atoms with Crippen molar-refractivity contribution in [3.05, 3.63) is 71.4 Å². The molecule has 5 nitrogen and oxygen atoms in total. The smallest absolute Gasteiger partial charge is 0.435 e. The highest BCUT2D eigenvalue weighted by Gasteiger charge is 2.54. The molecule has 9 heteroatoms. The molecule has 2 aromatic carbocycles. The van der Waals surface area contributed by atoms with E-state index in [0.29, 0.717) is 24.3 Å². The number of hydrogen-bond donors (Lipinski definition) is 1. The van der Waals surface area contributed by atoms with Crippen LogP contribution in [0, 0.1) is 11.7 Å². The number of imidazole rings is 1. The third kappa shape index (κ3) is 4.18. The zero-order valence-corrected chi connectivity index (χ0v) is 20.1. The van der Waals surface area contributed by atoms with Gasteiger partial charge in [-0.15, -0.1) is 0 Å². The van der Waals surface area contributed by atoms with Gasteiger partial charge in [-0.3, -0.25) is 0 Å². The second-order valence-corrected chi connectivity index (χ2v) is 9.79. The number of nitrogens with zero attached hydrogens (tertiary/aromatic N) is 2. The van der Waals surface area contributed by atoms with Gasteiger partial charge in [0.25, 0.3) is 0 Å². The fraction of sp³-hybridized carbons (Fsp3) is 0.444. The minimum atomic E-state index is -4.58. The molecule has 1 aromatic heterocycles. The Labute approximate surface area is 206 Å². The largest absolute Gasteiger partial charge is 0.496 e. The van der Waals surface area contributed by atoms with Gasteiger partial charge in [-0.2, -0.15) is 13.2 Å². The van der Waals surface area contributed by atoms with Crippen LogP contribution in [0.5, 0.6) is 5.75 Å². The summed E-state index contributed by atoms with van der Waals surface area (Å²) in [5, 5.41) is 10.1. The fourth-order valence-corrected chi connectivity index (χ4v) is 6.20. The molecule has 1 aliphatic heterocycles. The summed E-state index contributed by atoms with van der Waals surface area (Å²) < 4.78 is 67.9. The maximum absolute atomic E-state index is 13.6. The lowest BCUT2D eigenvalue weighted by Gasteiger charge is -2.33.